The summed E-state index contributed by atoms with van der Waals surface area (Å²) in [4.78, 5) is 44.9. The predicted molar refractivity (Wildman–Crippen MR) is 137 cm³/mol. The summed E-state index contributed by atoms with van der Waals surface area (Å²) in [6.45, 7) is 0. The number of nitrogens with zero attached hydrogens (tertiary/aromatic N) is 3. The molecule has 0 spiro atoms. The number of rotatable bonds is 6. The normalized spacial score (nSPS) is 15.2. The molecule has 1 aliphatic heterocycles. The van der Waals surface area contributed by atoms with Crippen LogP contribution in [-0.4, -0.2) is 37.7 Å². The van der Waals surface area contributed by atoms with Crippen molar-refractivity contribution in [2.45, 2.75) is 25.3 Å². The molecule has 3 heterocycles. The Balaban J connectivity index is 1.68. The van der Waals surface area contributed by atoms with E-state index in [1.807, 2.05) is 42.5 Å². The highest BCUT2D eigenvalue weighted by atomic mass is 35.5. The molecule has 2 aromatic carbocycles. The molecule has 0 bridgehead atoms. The van der Waals surface area contributed by atoms with Crippen LogP contribution in [0.3, 0.4) is 0 Å². The number of nitrogens with one attached hydrogen (secondary N) is 1. The number of hydrogen-bond acceptors (Lipinski definition) is 5. The molecule has 0 saturated heterocycles. The minimum absolute atomic E-state index is 0.215. The summed E-state index contributed by atoms with van der Waals surface area (Å²) in [5.74, 6) is -1.52. The molecule has 180 valence electrons. The van der Waals surface area contributed by atoms with Crippen LogP contribution in [0.1, 0.15) is 36.6 Å². The van der Waals surface area contributed by atoms with E-state index in [9.17, 15) is 14.4 Å². The molecule has 0 radical (unpaired) electrons. The Hall–Kier alpha value is -4.30. The number of hydrazone groups is 1. The molecule has 1 unspecified atom stereocenters. The van der Waals surface area contributed by atoms with Crippen LogP contribution in [-0.2, 0) is 9.59 Å². The summed E-state index contributed by atoms with van der Waals surface area (Å²) in [6.07, 6.45) is 1.34. The predicted octanol–water partition coefficient (Wildman–Crippen LogP) is 4.79. The summed E-state index contributed by atoms with van der Waals surface area (Å²) in [7, 11) is 0. The van der Waals surface area contributed by atoms with Gasteiger partial charge in [0.2, 0.25) is 5.91 Å². The fourth-order valence-electron chi connectivity index (χ4n) is 4.46. The van der Waals surface area contributed by atoms with Gasteiger partial charge in [0.1, 0.15) is 6.04 Å². The largest absolute Gasteiger partial charge is 0.481 e. The van der Waals surface area contributed by atoms with Crippen molar-refractivity contribution in [1.82, 2.24) is 15.0 Å². The van der Waals surface area contributed by atoms with E-state index in [0.717, 1.165) is 10.9 Å². The van der Waals surface area contributed by atoms with E-state index in [-0.39, 0.29) is 24.8 Å². The maximum absolute atomic E-state index is 13.5. The van der Waals surface area contributed by atoms with Crippen LogP contribution in [0.4, 0.5) is 0 Å². The average Bonchev–Trinajstić information content (AvgIpc) is 3.32. The van der Waals surface area contributed by atoms with Gasteiger partial charge in [-0.1, -0.05) is 48.0 Å². The molecule has 5 rings (SSSR count). The lowest BCUT2D eigenvalue weighted by Gasteiger charge is -2.20. The Kier molecular flexibility index (Phi) is 6.35. The smallest absolute Gasteiger partial charge is 0.303 e. The van der Waals surface area contributed by atoms with Gasteiger partial charge in [0.05, 0.1) is 23.4 Å². The van der Waals surface area contributed by atoms with Gasteiger partial charge >= 0.3 is 5.97 Å². The lowest BCUT2D eigenvalue weighted by atomic mass is 9.91. The van der Waals surface area contributed by atoms with Crippen molar-refractivity contribution in [1.29, 1.82) is 0 Å². The second-order valence-electron chi connectivity index (χ2n) is 8.41. The highest BCUT2D eigenvalue weighted by Crippen LogP contribution is 2.36. The standard InChI is InChI=1S/C27H21ClN4O4/c28-17-10-8-16(9-11-17)25-18-5-1-2-6-19(18)30-27(36)26(25)21-15-22(20-7-3-4-14-29-20)32(31-21)23(33)12-13-24(34)35/h1-11,14,22H,12-13,15H2,(H,30,36)(H,34,35). The SMILES string of the molecule is O=C(O)CCC(=O)N1N=C(c2c(-c3ccc(Cl)cc3)c3ccccc3[nH]c2=O)CC1c1ccccn1. The monoisotopic (exact) mass is 500 g/mol. The molecule has 0 fully saturated rings. The zero-order chi connectivity index (χ0) is 25.2. The number of carbonyl (C=O) groups excluding carboxylic acids is 1. The van der Waals surface area contributed by atoms with E-state index < -0.39 is 17.9 Å². The number of para-hydroxylation sites is 1. The fourth-order valence-corrected chi connectivity index (χ4v) is 4.58. The first kappa shape index (κ1) is 23.4. The summed E-state index contributed by atoms with van der Waals surface area (Å²) in [5.41, 5.74) is 3.18. The molecule has 1 atom stereocenters. The van der Waals surface area contributed by atoms with Gasteiger partial charge in [-0.15, -0.1) is 0 Å². The van der Waals surface area contributed by atoms with Gasteiger partial charge in [-0.05, 0) is 35.9 Å². The topological polar surface area (TPSA) is 116 Å². The number of carbonyl (C=O) groups is 2. The van der Waals surface area contributed by atoms with Gasteiger partial charge in [-0.25, -0.2) is 5.01 Å². The number of halogens is 1. The molecule has 8 nitrogen and oxygen atoms in total. The molecule has 0 saturated carbocycles. The van der Waals surface area contributed by atoms with E-state index in [0.29, 0.717) is 33.1 Å². The van der Waals surface area contributed by atoms with Crippen molar-refractivity contribution in [2.75, 3.05) is 0 Å². The second-order valence-corrected chi connectivity index (χ2v) is 8.85. The third-order valence-electron chi connectivity index (χ3n) is 6.09. The van der Waals surface area contributed by atoms with Crippen molar-refractivity contribution in [2.24, 2.45) is 5.10 Å². The number of hydrogen-bond donors (Lipinski definition) is 2. The lowest BCUT2D eigenvalue weighted by molar-refractivity contribution is -0.141. The van der Waals surface area contributed by atoms with Crippen molar-refractivity contribution in [3.8, 4) is 11.1 Å². The minimum atomic E-state index is -1.07. The average molecular weight is 501 g/mol. The Morgan fingerprint density at radius 3 is 2.47 bits per heavy atom. The summed E-state index contributed by atoms with van der Waals surface area (Å²) >= 11 is 6.12. The number of aromatic amines is 1. The molecule has 2 aromatic heterocycles. The first-order valence-electron chi connectivity index (χ1n) is 11.4. The molecule has 0 aliphatic carbocycles. The van der Waals surface area contributed by atoms with Crippen LogP contribution in [0.15, 0.2) is 82.8 Å². The number of H-pyrrole nitrogens is 1. The van der Waals surface area contributed by atoms with Crippen LogP contribution >= 0.6 is 11.6 Å². The first-order valence-corrected chi connectivity index (χ1v) is 11.7. The van der Waals surface area contributed by atoms with Crippen molar-refractivity contribution in [3.05, 3.63) is 99.6 Å². The number of pyridine rings is 2. The van der Waals surface area contributed by atoms with Gasteiger partial charge in [0, 0.05) is 40.5 Å². The summed E-state index contributed by atoms with van der Waals surface area (Å²) in [5, 5.41) is 16.3. The minimum Gasteiger partial charge on any atom is -0.481 e. The molecule has 4 aromatic rings. The summed E-state index contributed by atoms with van der Waals surface area (Å²) < 4.78 is 0. The fraction of sp³-hybridized carbons (Fsp3) is 0.148. The number of carboxylic acid groups (broad SMARTS) is 1. The quantitative estimate of drug-likeness (QED) is 0.395. The van der Waals surface area contributed by atoms with Crippen LogP contribution in [0, 0.1) is 0 Å². The lowest BCUT2D eigenvalue weighted by Crippen LogP contribution is -2.27. The van der Waals surface area contributed by atoms with Crippen molar-refractivity contribution >= 4 is 40.1 Å². The number of benzene rings is 2. The van der Waals surface area contributed by atoms with Gasteiger partial charge in [0.15, 0.2) is 0 Å². The highest BCUT2D eigenvalue weighted by molar-refractivity contribution is 6.30. The Labute approximate surface area is 210 Å². The third kappa shape index (κ3) is 4.50. The molecule has 1 amide bonds. The number of aromatic nitrogens is 2. The van der Waals surface area contributed by atoms with E-state index in [1.54, 1.807) is 30.5 Å². The molecule has 2 N–H and O–H groups in total. The van der Waals surface area contributed by atoms with Gasteiger partial charge in [-0.3, -0.25) is 19.4 Å². The van der Waals surface area contributed by atoms with Crippen LogP contribution in [0.2, 0.25) is 5.02 Å². The maximum atomic E-state index is 13.5. The van der Waals surface area contributed by atoms with E-state index in [1.165, 1.54) is 5.01 Å². The number of aliphatic carboxylic acids is 1. The molecule has 36 heavy (non-hydrogen) atoms. The molecular formula is C27H21ClN4O4. The Morgan fingerprint density at radius 2 is 1.75 bits per heavy atom. The van der Waals surface area contributed by atoms with E-state index in [4.69, 9.17) is 16.7 Å². The zero-order valence-corrected chi connectivity index (χ0v) is 19.8. The molecule has 9 heteroatoms. The van der Waals surface area contributed by atoms with Crippen LogP contribution in [0.25, 0.3) is 22.0 Å². The highest BCUT2D eigenvalue weighted by Gasteiger charge is 2.36. The number of carboxylic acids is 1. The van der Waals surface area contributed by atoms with Crippen molar-refractivity contribution in [3.63, 3.8) is 0 Å². The zero-order valence-electron chi connectivity index (χ0n) is 19.0. The van der Waals surface area contributed by atoms with Crippen LogP contribution in [0.5, 0.6) is 0 Å². The Morgan fingerprint density at radius 1 is 1.00 bits per heavy atom. The molecule has 1 aliphatic rings. The maximum Gasteiger partial charge on any atom is 0.303 e. The first-order chi connectivity index (χ1) is 17.4. The second kappa shape index (κ2) is 9.75. The third-order valence-corrected chi connectivity index (χ3v) is 6.34. The van der Waals surface area contributed by atoms with Gasteiger partial charge in [-0.2, -0.15) is 5.10 Å². The van der Waals surface area contributed by atoms with E-state index >= 15 is 0 Å². The Bertz CT molecular complexity index is 1550. The van der Waals surface area contributed by atoms with Gasteiger partial charge in [0.25, 0.3) is 5.56 Å². The molecular weight excluding hydrogens is 480 g/mol. The van der Waals surface area contributed by atoms with Crippen molar-refractivity contribution < 1.29 is 14.7 Å². The van der Waals surface area contributed by atoms with Gasteiger partial charge < -0.3 is 10.1 Å². The number of fused-ring (bicyclic) bond motifs is 1. The summed E-state index contributed by atoms with van der Waals surface area (Å²) in [6, 6.07) is 19.5. The van der Waals surface area contributed by atoms with E-state index in [2.05, 4.69) is 15.1 Å². The van der Waals surface area contributed by atoms with Crippen LogP contribution < -0.4 is 5.56 Å². The number of amides is 1.